The molecule has 116 valence electrons. The SMILES string of the molecule is CCCC(CN)(CCC)C(=O)NC1Cc2ccccc2C1. The summed E-state index contributed by atoms with van der Waals surface area (Å²) in [6, 6.07) is 8.70. The van der Waals surface area contributed by atoms with Crippen molar-refractivity contribution in [3.63, 3.8) is 0 Å². The Bertz CT molecular complexity index is 453. The molecule has 0 fully saturated rings. The quantitative estimate of drug-likeness (QED) is 0.810. The lowest BCUT2D eigenvalue weighted by molar-refractivity contribution is -0.132. The van der Waals surface area contributed by atoms with Crippen LogP contribution in [0.15, 0.2) is 24.3 Å². The van der Waals surface area contributed by atoms with Crippen LogP contribution < -0.4 is 11.1 Å². The fourth-order valence-electron chi connectivity index (χ4n) is 3.61. The molecule has 1 aromatic carbocycles. The Morgan fingerprint density at radius 2 is 1.71 bits per heavy atom. The summed E-state index contributed by atoms with van der Waals surface area (Å²) in [4.78, 5) is 12.8. The van der Waals surface area contributed by atoms with Gasteiger partial charge in [-0.2, -0.15) is 0 Å². The highest BCUT2D eigenvalue weighted by atomic mass is 16.2. The van der Waals surface area contributed by atoms with Crippen LogP contribution in [0.1, 0.15) is 50.7 Å². The van der Waals surface area contributed by atoms with E-state index in [0.717, 1.165) is 38.5 Å². The molecule has 3 heteroatoms. The fraction of sp³-hybridized carbons (Fsp3) is 0.611. The second-order valence-electron chi connectivity index (χ2n) is 6.33. The van der Waals surface area contributed by atoms with Gasteiger partial charge in [-0.05, 0) is 36.8 Å². The molecule has 2 rings (SSSR count). The van der Waals surface area contributed by atoms with Crippen LogP contribution in [-0.2, 0) is 17.6 Å². The van der Waals surface area contributed by atoms with Crippen LogP contribution in [0.5, 0.6) is 0 Å². The third-order valence-electron chi connectivity index (χ3n) is 4.72. The summed E-state index contributed by atoms with van der Waals surface area (Å²) in [5, 5.41) is 3.27. The lowest BCUT2D eigenvalue weighted by Crippen LogP contribution is -2.49. The lowest BCUT2D eigenvalue weighted by Gasteiger charge is -2.32. The van der Waals surface area contributed by atoms with Gasteiger partial charge >= 0.3 is 0 Å². The van der Waals surface area contributed by atoms with E-state index in [0.29, 0.717) is 6.54 Å². The van der Waals surface area contributed by atoms with Gasteiger partial charge in [-0.15, -0.1) is 0 Å². The molecule has 0 saturated carbocycles. The molecule has 0 radical (unpaired) electrons. The first-order valence-electron chi connectivity index (χ1n) is 8.23. The highest BCUT2D eigenvalue weighted by molar-refractivity contribution is 5.83. The molecule has 0 spiro atoms. The second-order valence-corrected chi connectivity index (χ2v) is 6.33. The van der Waals surface area contributed by atoms with E-state index < -0.39 is 0 Å². The van der Waals surface area contributed by atoms with E-state index in [-0.39, 0.29) is 17.4 Å². The molecule has 0 atom stereocenters. The molecular formula is C18H28N2O. The zero-order chi connectivity index (χ0) is 15.3. The van der Waals surface area contributed by atoms with Gasteiger partial charge in [0.15, 0.2) is 0 Å². The van der Waals surface area contributed by atoms with Crippen LogP contribution in [0.2, 0.25) is 0 Å². The molecule has 0 heterocycles. The summed E-state index contributed by atoms with van der Waals surface area (Å²) in [5.74, 6) is 0.159. The minimum atomic E-state index is -0.377. The summed E-state index contributed by atoms with van der Waals surface area (Å²) < 4.78 is 0. The van der Waals surface area contributed by atoms with Gasteiger partial charge in [0.25, 0.3) is 0 Å². The van der Waals surface area contributed by atoms with E-state index in [9.17, 15) is 4.79 Å². The van der Waals surface area contributed by atoms with Crippen LogP contribution in [-0.4, -0.2) is 18.5 Å². The van der Waals surface area contributed by atoms with E-state index in [4.69, 9.17) is 5.73 Å². The van der Waals surface area contributed by atoms with E-state index in [1.165, 1.54) is 11.1 Å². The third-order valence-corrected chi connectivity index (χ3v) is 4.72. The number of carbonyl (C=O) groups excluding carboxylic acids is 1. The van der Waals surface area contributed by atoms with Crippen LogP contribution in [0.25, 0.3) is 0 Å². The summed E-state index contributed by atoms with van der Waals surface area (Å²) >= 11 is 0. The Hall–Kier alpha value is -1.35. The maximum absolute atomic E-state index is 12.8. The number of hydrogen-bond acceptors (Lipinski definition) is 2. The lowest BCUT2D eigenvalue weighted by atomic mass is 9.78. The summed E-state index contributed by atoms with van der Waals surface area (Å²) in [6.45, 7) is 4.69. The highest BCUT2D eigenvalue weighted by Gasteiger charge is 2.37. The number of nitrogens with one attached hydrogen (secondary N) is 1. The molecular weight excluding hydrogens is 260 g/mol. The molecule has 1 aromatic rings. The molecule has 0 unspecified atom stereocenters. The Kier molecular flexibility index (Phi) is 5.40. The predicted molar refractivity (Wildman–Crippen MR) is 87.1 cm³/mol. The maximum Gasteiger partial charge on any atom is 0.227 e. The number of hydrogen-bond donors (Lipinski definition) is 2. The first-order valence-corrected chi connectivity index (χ1v) is 8.23. The first-order chi connectivity index (χ1) is 10.1. The summed E-state index contributed by atoms with van der Waals surface area (Å²) in [6.07, 6.45) is 5.64. The van der Waals surface area contributed by atoms with Gasteiger partial charge in [-0.3, -0.25) is 4.79 Å². The number of nitrogens with two attached hydrogens (primary N) is 1. The van der Waals surface area contributed by atoms with Crippen molar-refractivity contribution >= 4 is 5.91 Å². The van der Waals surface area contributed by atoms with Crippen molar-refractivity contribution < 1.29 is 4.79 Å². The zero-order valence-electron chi connectivity index (χ0n) is 13.3. The minimum absolute atomic E-state index is 0.159. The largest absolute Gasteiger partial charge is 0.352 e. The van der Waals surface area contributed by atoms with E-state index >= 15 is 0 Å². The van der Waals surface area contributed by atoms with Crippen molar-refractivity contribution in [1.29, 1.82) is 0 Å². The smallest absolute Gasteiger partial charge is 0.227 e. The van der Waals surface area contributed by atoms with Gasteiger partial charge in [0.05, 0.1) is 5.41 Å². The topological polar surface area (TPSA) is 55.1 Å². The first kappa shape index (κ1) is 16.0. The number of amides is 1. The van der Waals surface area contributed by atoms with Gasteiger partial charge in [-0.25, -0.2) is 0 Å². The van der Waals surface area contributed by atoms with Crippen LogP contribution in [0.3, 0.4) is 0 Å². The molecule has 1 aliphatic carbocycles. The maximum atomic E-state index is 12.8. The highest BCUT2D eigenvalue weighted by Crippen LogP contribution is 2.30. The Morgan fingerprint density at radius 3 is 2.14 bits per heavy atom. The zero-order valence-corrected chi connectivity index (χ0v) is 13.3. The van der Waals surface area contributed by atoms with E-state index in [1.807, 2.05) is 0 Å². The van der Waals surface area contributed by atoms with Gasteiger partial charge < -0.3 is 11.1 Å². The van der Waals surface area contributed by atoms with Crippen LogP contribution in [0, 0.1) is 5.41 Å². The summed E-state index contributed by atoms with van der Waals surface area (Å²) in [5.41, 5.74) is 8.34. The molecule has 0 bridgehead atoms. The Labute approximate surface area is 128 Å². The van der Waals surface area contributed by atoms with E-state index in [2.05, 4.69) is 43.4 Å². The van der Waals surface area contributed by atoms with Crippen molar-refractivity contribution in [2.45, 2.75) is 58.4 Å². The Balaban J connectivity index is 2.03. The van der Waals surface area contributed by atoms with Gasteiger partial charge in [0.2, 0.25) is 5.91 Å². The molecule has 3 nitrogen and oxygen atoms in total. The third kappa shape index (κ3) is 3.46. The minimum Gasteiger partial charge on any atom is -0.352 e. The normalized spacial score (nSPS) is 15.0. The van der Waals surface area contributed by atoms with Gasteiger partial charge in [-0.1, -0.05) is 51.0 Å². The molecule has 1 aliphatic rings. The Morgan fingerprint density at radius 1 is 1.19 bits per heavy atom. The van der Waals surface area contributed by atoms with Gasteiger partial charge in [0.1, 0.15) is 0 Å². The van der Waals surface area contributed by atoms with E-state index in [1.54, 1.807) is 0 Å². The molecule has 21 heavy (non-hydrogen) atoms. The number of carbonyl (C=O) groups is 1. The molecule has 0 saturated heterocycles. The number of rotatable bonds is 7. The average Bonchev–Trinajstić information content (AvgIpc) is 2.88. The molecule has 0 aromatic heterocycles. The fourth-order valence-corrected chi connectivity index (χ4v) is 3.61. The van der Waals surface area contributed by atoms with Gasteiger partial charge in [0, 0.05) is 12.6 Å². The second kappa shape index (κ2) is 7.08. The van der Waals surface area contributed by atoms with Crippen molar-refractivity contribution in [2.75, 3.05) is 6.54 Å². The predicted octanol–water partition coefficient (Wildman–Crippen LogP) is 2.82. The monoisotopic (exact) mass is 288 g/mol. The average molecular weight is 288 g/mol. The molecule has 3 N–H and O–H groups in total. The van der Waals surface area contributed by atoms with Crippen molar-refractivity contribution in [3.05, 3.63) is 35.4 Å². The molecule has 1 amide bonds. The summed E-state index contributed by atoms with van der Waals surface area (Å²) in [7, 11) is 0. The van der Waals surface area contributed by atoms with Crippen molar-refractivity contribution in [3.8, 4) is 0 Å². The number of fused-ring (bicyclic) bond motifs is 1. The van der Waals surface area contributed by atoms with Crippen molar-refractivity contribution in [2.24, 2.45) is 11.1 Å². The van der Waals surface area contributed by atoms with Crippen molar-refractivity contribution in [1.82, 2.24) is 5.32 Å². The number of benzene rings is 1. The standard InChI is InChI=1S/C18H28N2O/c1-3-9-18(13-19,10-4-2)17(21)20-16-11-14-7-5-6-8-15(14)12-16/h5-8,16H,3-4,9-13,19H2,1-2H3,(H,20,21). The van der Waals surface area contributed by atoms with Crippen LogP contribution in [0.4, 0.5) is 0 Å². The van der Waals surface area contributed by atoms with Crippen LogP contribution >= 0.6 is 0 Å². The molecule has 0 aliphatic heterocycles.